The zero-order valence-electron chi connectivity index (χ0n) is 14.2. The van der Waals surface area contributed by atoms with Gasteiger partial charge in [-0.3, -0.25) is 4.90 Å². The number of rotatable bonds is 5. The third kappa shape index (κ3) is 3.25. The van der Waals surface area contributed by atoms with Crippen LogP contribution in [-0.4, -0.2) is 38.8 Å². The normalized spacial score (nSPS) is 17.7. The first-order valence-electron chi connectivity index (χ1n) is 8.56. The van der Waals surface area contributed by atoms with Crippen LogP contribution < -0.4 is 4.74 Å². The molecule has 1 fully saturated rings. The van der Waals surface area contributed by atoms with Crippen molar-refractivity contribution in [3.63, 3.8) is 0 Å². The molecule has 1 saturated heterocycles. The van der Waals surface area contributed by atoms with Crippen LogP contribution in [0.25, 0.3) is 5.69 Å². The van der Waals surface area contributed by atoms with Gasteiger partial charge < -0.3 is 4.74 Å². The van der Waals surface area contributed by atoms with E-state index in [-0.39, 0.29) is 0 Å². The molecular weight excluding hydrogens is 314 g/mol. The average Bonchev–Trinajstić information content (AvgIpc) is 3.32. The first-order valence-corrected chi connectivity index (χ1v) is 8.56. The highest BCUT2D eigenvalue weighted by Crippen LogP contribution is 2.34. The lowest BCUT2D eigenvalue weighted by Gasteiger charge is -2.24. The standard InChI is InChI=1S/C19H21N5O/c1-25-17-10-5-7-15(13-17)18-11-6-12-23(18)14-19-20-21-22-24(19)16-8-3-2-4-9-16/h2-5,7-10,13,18H,6,11-12,14H2,1H3. The van der Waals surface area contributed by atoms with Gasteiger partial charge in [-0.1, -0.05) is 30.3 Å². The predicted molar refractivity (Wildman–Crippen MR) is 94.5 cm³/mol. The predicted octanol–water partition coefficient (Wildman–Crippen LogP) is 3.01. The molecule has 0 saturated carbocycles. The molecule has 0 N–H and O–H groups in total. The van der Waals surface area contributed by atoms with Crippen LogP contribution in [-0.2, 0) is 6.54 Å². The van der Waals surface area contributed by atoms with E-state index in [4.69, 9.17) is 4.74 Å². The lowest BCUT2D eigenvalue weighted by atomic mass is 10.0. The average molecular weight is 335 g/mol. The number of likely N-dealkylation sites (tertiary alicyclic amines) is 1. The second-order valence-electron chi connectivity index (χ2n) is 6.25. The first-order chi connectivity index (χ1) is 12.3. The molecule has 1 unspecified atom stereocenters. The van der Waals surface area contributed by atoms with Crippen molar-refractivity contribution < 1.29 is 4.74 Å². The summed E-state index contributed by atoms with van der Waals surface area (Å²) < 4.78 is 7.20. The molecule has 0 aliphatic carbocycles. The maximum atomic E-state index is 5.38. The van der Waals surface area contributed by atoms with E-state index in [1.165, 1.54) is 12.0 Å². The maximum absolute atomic E-state index is 5.38. The molecule has 2 heterocycles. The molecule has 0 radical (unpaired) electrons. The Balaban J connectivity index is 1.57. The summed E-state index contributed by atoms with van der Waals surface area (Å²) in [6.07, 6.45) is 2.31. The van der Waals surface area contributed by atoms with E-state index >= 15 is 0 Å². The number of hydrogen-bond acceptors (Lipinski definition) is 5. The zero-order chi connectivity index (χ0) is 17.1. The Bertz CT molecular complexity index is 833. The summed E-state index contributed by atoms with van der Waals surface area (Å²) in [6, 6.07) is 18.7. The second-order valence-corrected chi connectivity index (χ2v) is 6.25. The molecule has 1 aliphatic heterocycles. The minimum atomic E-state index is 0.371. The highest BCUT2D eigenvalue weighted by molar-refractivity contribution is 5.32. The summed E-state index contributed by atoms with van der Waals surface area (Å²) in [5, 5.41) is 12.3. The highest BCUT2D eigenvalue weighted by atomic mass is 16.5. The third-order valence-electron chi connectivity index (χ3n) is 4.72. The Labute approximate surface area is 147 Å². The van der Waals surface area contributed by atoms with Gasteiger partial charge in [0, 0.05) is 6.04 Å². The monoisotopic (exact) mass is 335 g/mol. The minimum Gasteiger partial charge on any atom is -0.497 e. The van der Waals surface area contributed by atoms with Gasteiger partial charge in [-0.2, -0.15) is 4.68 Å². The van der Waals surface area contributed by atoms with E-state index in [0.29, 0.717) is 6.04 Å². The van der Waals surface area contributed by atoms with Gasteiger partial charge in [0.1, 0.15) is 5.75 Å². The quantitative estimate of drug-likeness (QED) is 0.717. The van der Waals surface area contributed by atoms with Crippen molar-refractivity contribution in [3.05, 3.63) is 66.0 Å². The van der Waals surface area contributed by atoms with E-state index in [1.807, 2.05) is 41.1 Å². The van der Waals surface area contributed by atoms with E-state index < -0.39 is 0 Å². The van der Waals surface area contributed by atoms with Crippen molar-refractivity contribution in [2.75, 3.05) is 13.7 Å². The van der Waals surface area contributed by atoms with Crippen molar-refractivity contribution >= 4 is 0 Å². The van der Waals surface area contributed by atoms with Gasteiger partial charge in [-0.15, -0.1) is 5.10 Å². The van der Waals surface area contributed by atoms with Crippen LogP contribution in [0.15, 0.2) is 54.6 Å². The Kier molecular flexibility index (Phi) is 4.43. The molecule has 4 rings (SSSR count). The molecule has 0 bridgehead atoms. The molecule has 2 aromatic carbocycles. The molecule has 6 nitrogen and oxygen atoms in total. The number of para-hydroxylation sites is 1. The van der Waals surface area contributed by atoms with Gasteiger partial charge in [-0.05, 0) is 59.6 Å². The SMILES string of the molecule is COc1cccc(C2CCCN2Cc2nnnn2-c2ccccc2)c1. The molecule has 3 aromatic rings. The molecule has 25 heavy (non-hydrogen) atoms. The number of tetrazole rings is 1. The molecule has 1 aromatic heterocycles. The van der Waals surface area contributed by atoms with Gasteiger partial charge in [-0.25, -0.2) is 0 Å². The molecule has 0 amide bonds. The fourth-order valence-electron chi connectivity index (χ4n) is 3.50. The first kappa shape index (κ1) is 15.8. The Morgan fingerprint density at radius 1 is 1.12 bits per heavy atom. The lowest BCUT2D eigenvalue weighted by molar-refractivity contribution is 0.240. The van der Waals surface area contributed by atoms with Crippen molar-refractivity contribution in [2.45, 2.75) is 25.4 Å². The van der Waals surface area contributed by atoms with Crippen molar-refractivity contribution in [1.82, 2.24) is 25.1 Å². The van der Waals surface area contributed by atoms with Gasteiger partial charge in [0.05, 0.1) is 19.3 Å². The van der Waals surface area contributed by atoms with Gasteiger partial charge >= 0.3 is 0 Å². The summed E-state index contributed by atoms with van der Waals surface area (Å²) in [7, 11) is 1.71. The van der Waals surface area contributed by atoms with Gasteiger partial charge in [0.2, 0.25) is 0 Å². The number of ether oxygens (including phenoxy) is 1. The van der Waals surface area contributed by atoms with E-state index in [1.54, 1.807) is 7.11 Å². The van der Waals surface area contributed by atoms with Crippen LogP contribution in [0, 0.1) is 0 Å². The van der Waals surface area contributed by atoms with Crippen LogP contribution in [0.2, 0.25) is 0 Å². The van der Waals surface area contributed by atoms with Crippen molar-refractivity contribution in [1.29, 1.82) is 0 Å². The van der Waals surface area contributed by atoms with Crippen LogP contribution >= 0.6 is 0 Å². The summed E-state index contributed by atoms with van der Waals surface area (Å²) in [5.41, 5.74) is 2.27. The number of hydrogen-bond donors (Lipinski definition) is 0. The van der Waals surface area contributed by atoms with Crippen molar-refractivity contribution in [3.8, 4) is 11.4 Å². The van der Waals surface area contributed by atoms with Crippen LogP contribution in [0.5, 0.6) is 5.75 Å². The van der Waals surface area contributed by atoms with Crippen molar-refractivity contribution in [2.24, 2.45) is 0 Å². The molecule has 128 valence electrons. The maximum Gasteiger partial charge on any atom is 0.170 e. The zero-order valence-corrected chi connectivity index (χ0v) is 14.2. The molecule has 6 heteroatoms. The summed E-state index contributed by atoms with van der Waals surface area (Å²) >= 11 is 0. The fourth-order valence-corrected chi connectivity index (χ4v) is 3.50. The Morgan fingerprint density at radius 2 is 2.00 bits per heavy atom. The number of methoxy groups -OCH3 is 1. The molecule has 1 atom stereocenters. The third-order valence-corrected chi connectivity index (χ3v) is 4.72. The van der Waals surface area contributed by atoms with E-state index in [9.17, 15) is 0 Å². The Hall–Kier alpha value is -2.73. The van der Waals surface area contributed by atoms with Crippen LogP contribution in [0.3, 0.4) is 0 Å². The molecule has 0 spiro atoms. The number of aromatic nitrogens is 4. The number of benzene rings is 2. The van der Waals surface area contributed by atoms with Gasteiger partial charge in [0.15, 0.2) is 5.82 Å². The fraction of sp³-hybridized carbons (Fsp3) is 0.316. The summed E-state index contributed by atoms with van der Waals surface area (Å²) in [6.45, 7) is 1.77. The second kappa shape index (κ2) is 7.03. The Morgan fingerprint density at radius 3 is 2.84 bits per heavy atom. The molecular formula is C19H21N5O. The topological polar surface area (TPSA) is 56.1 Å². The van der Waals surface area contributed by atoms with E-state index in [0.717, 1.165) is 36.8 Å². The van der Waals surface area contributed by atoms with Crippen LogP contribution in [0.1, 0.15) is 30.3 Å². The summed E-state index contributed by atoms with van der Waals surface area (Å²) in [4.78, 5) is 2.44. The van der Waals surface area contributed by atoms with Crippen LogP contribution in [0.4, 0.5) is 0 Å². The van der Waals surface area contributed by atoms with E-state index in [2.05, 4.69) is 38.6 Å². The lowest BCUT2D eigenvalue weighted by Crippen LogP contribution is -2.24. The minimum absolute atomic E-state index is 0.371. The highest BCUT2D eigenvalue weighted by Gasteiger charge is 2.28. The largest absolute Gasteiger partial charge is 0.497 e. The summed E-state index contributed by atoms with van der Waals surface area (Å²) in [5.74, 6) is 1.76. The smallest absolute Gasteiger partial charge is 0.170 e. The van der Waals surface area contributed by atoms with Gasteiger partial charge in [0.25, 0.3) is 0 Å². The number of nitrogens with zero attached hydrogens (tertiary/aromatic N) is 5. The molecule has 1 aliphatic rings.